The highest BCUT2D eigenvalue weighted by Crippen LogP contribution is 2.32. The van der Waals surface area contributed by atoms with E-state index in [2.05, 4.69) is 13.8 Å². The van der Waals surface area contributed by atoms with Crippen molar-refractivity contribution in [3.8, 4) is 0 Å². The van der Waals surface area contributed by atoms with E-state index in [-0.39, 0.29) is 0 Å². The maximum atomic E-state index is 9.93. The van der Waals surface area contributed by atoms with Gasteiger partial charge in [-0.2, -0.15) is 0 Å². The molecule has 2 aliphatic rings. The molecule has 14 heavy (non-hydrogen) atoms. The third kappa shape index (κ3) is 3.41. The van der Waals surface area contributed by atoms with Gasteiger partial charge in [0.2, 0.25) is 0 Å². The Morgan fingerprint density at radius 3 is 1.79 bits per heavy atom. The van der Waals surface area contributed by atoms with Crippen LogP contribution in [0.5, 0.6) is 0 Å². The molecule has 0 amide bonds. The van der Waals surface area contributed by atoms with Crippen LogP contribution in [0, 0.1) is 23.7 Å². The lowest BCUT2D eigenvalue weighted by molar-refractivity contribution is -0.114. The van der Waals surface area contributed by atoms with Crippen molar-refractivity contribution < 1.29 is 9.90 Å². The van der Waals surface area contributed by atoms with E-state index in [1.807, 2.05) is 0 Å². The standard InChI is InChI=1S/C6H12O.C6H10O/c2*1-5-2-6(3-5)4-7/h5-7H,2-4H2,1H3;4-6H,2-3H2,1H3. The van der Waals surface area contributed by atoms with Crippen LogP contribution in [0.1, 0.15) is 39.5 Å². The Morgan fingerprint density at radius 2 is 1.64 bits per heavy atom. The smallest absolute Gasteiger partial charge is 0.123 e. The van der Waals surface area contributed by atoms with Crippen LogP contribution in [0.15, 0.2) is 0 Å². The molecular weight excluding hydrogens is 176 g/mol. The number of carbonyl (C=O) groups is 1. The molecule has 2 fully saturated rings. The van der Waals surface area contributed by atoms with Crippen LogP contribution in [-0.2, 0) is 4.79 Å². The second kappa shape index (κ2) is 5.50. The molecule has 2 aliphatic carbocycles. The Hall–Kier alpha value is -0.370. The van der Waals surface area contributed by atoms with Gasteiger partial charge >= 0.3 is 0 Å². The highest BCUT2D eigenvalue weighted by atomic mass is 16.3. The minimum Gasteiger partial charge on any atom is -0.396 e. The first kappa shape index (κ1) is 11.7. The molecule has 1 N–H and O–H groups in total. The second-order valence-corrected chi connectivity index (χ2v) is 5.10. The number of aldehydes is 1. The van der Waals surface area contributed by atoms with Crippen LogP contribution < -0.4 is 0 Å². The maximum absolute atomic E-state index is 9.93. The number of aliphatic hydroxyl groups excluding tert-OH is 1. The second-order valence-electron chi connectivity index (χ2n) is 5.10. The monoisotopic (exact) mass is 198 g/mol. The quantitative estimate of drug-likeness (QED) is 0.691. The van der Waals surface area contributed by atoms with E-state index in [1.165, 1.54) is 12.8 Å². The Morgan fingerprint density at radius 1 is 1.14 bits per heavy atom. The largest absolute Gasteiger partial charge is 0.396 e. The lowest BCUT2D eigenvalue weighted by Gasteiger charge is -2.30. The molecule has 0 bridgehead atoms. The first-order valence-corrected chi connectivity index (χ1v) is 5.71. The Balaban J connectivity index is 0.000000140. The van der Waals surface area contributed by atoms with Crippen LogP contribution in [0.3, 0.4) is 0 Å². The molecule has 2 saturated carbocycles. The van der Waals surface area contributed by atoms with Gasteiger partial charge in [0, 0.05) is 12.5 Å². The normalized spacial score (nSPS) is 39.9. The molecule has 2 nitrogen and oxygen atoms in total. The summed E-state index contributed by atoms with van der Waals surface area (Å²) in [6, 6.07) is 0. The number of rotatable bonds is 2. The fourth-order valence-corrected chi connectivity index (χ4v) is 2.29. The van der Waals surface area contributed by atoms with Crippen molar-refractivity contribution >= 4 is 6.29 Å². The third-order valence-electron chi connectivity index (χ3n) is 3.33. The van der Waals surface area contributed by atoms with Gasteiger partial charge in [-0.1, -0.05) is 13.8 Å². The summed E-state index contributed by atoms with van der Waals surface area (Å²) >= 11 is 0. The molecule has 82 valence electrons. The fourth-order valence-electron chi connectivity index (χ4n) is 2.29. The van der Waals surface area contributed by atoms with Crippen molar-refractivity contribution in [1.82, 2.24) is 0 Å². The van der Waals surface area contributed by atoms with Crippen molar-refractivity contribution in [3.63, 3.8) is 0 Å². The zero-order chi connectivity index (χ0) is 10.6. The zero-order valence-corrected chi connectivity index (χ0v) is 9.28. The third-order valence-corrected chi connectivity index (χ3v) is 3.33. The minimum atomic E-state index is 0.407. The summed E-state index contributed by atoms with van der Waals surface area (Å²) in [6.45, 7) is 4.82. The van der Waals surface area contributed by atoms with Crippen molar-refractivity contribution in [3.05, 3.63) is 0 Å². The highest BCUT2D eigenvalue weighted by Gasteiger charge is 2.24. The maximum Gasteiger partial charge on any atom is 0.123 e. The average molecular weight is 198 g/mol. The number of hydrogen-bond donors (Lipinski definition) is 1. The van der Waals surface area contributed by atoms with Gasteiger partial charge in [-0.3, -0.25) is 0 Å². The predicted molar refractivity (Wildman–Crippen MR) is 56.9 cm³/mol. The Bertz CT molecular complexity index is 167. The Labute approximate surface area is 86.7 Å². The van der Waals surface area contributed by atoms with Crippen molar-refractivity contribution in [1.29, 1.82) is 0 Å². The lowest BCUT2D eigenvalue weighted by atomic mass is 9.77. The van der Waals surface area contributed by atoms with Gasteiger partial charge in [-0.05, 0) is 43.4 Å². The summed E-state index contributed by atoms with van der Waals surface area (Å²) in [6.07, 6.45) is 5.82. The SMILES string of the molecule is CC1CC(C=O)C1.CC1CC(CO)C1. The molecule has 2 rings (SSSR count). The van der Waals surface area contributed by atoms with Gasteiger partial charge in [0.25, 0.3) is 0 Å². The molecule has 0 heterocycles. The molecule has 0 atom stereocenters. The summed E-state index contributed by atoms with van der Waals surface area (Å²) in [7, 11) is 0. The van der Waals surface area contributed by atoms with E-state index in [0.29, 0.717) is 18.4 Å². The van der Waals surface area contributed by atoms with Gasteiger partial charge in [0.1, 0.15) is 6.29 Å². The molecule has 0 aromatic rings. The van der Waals surface area contributed by atoms with Crippen LogP contribution in [0.25, 0.3) is 0 Å². The van der Waals surface area contributed by atoms with E-state index in [4.69, 9.17) is 5.11 Å². The van der Waals surface area contributed by atoms with E-state index in [9.17, 15) is 4.79 Å². The average Bonchev–Trinajstić information content (AvgIpc) is 2.08. The fraction of sp³-hybridized carbons (Fsp3) is 0.917. The van der Waals surface area contributed by atoms with E-state index in [0.717, 1.165) is 31.0 Å². The summed E-state index contributed by atoms with van der Waals surface area (Å²) in [5, 5.41) is 8.50. The molecule has 0 spiro atoms. The van der Waals surface area contributed by atoms with Gasteiger partial charge < -0.3 is 9.90 Å². The molecule has 0 aromatic carbocycles. The summed E-state index contributed by atoms with van der Waals surface area (Å²) in [5.74, 6) is 2.76. The lowest BCUT2D eigenvalue weighted by Crippen LogP contribution is -2.23. The number of carbonyl (C=O) groups excluding carboxylic acids is 1. The van der Waals surface area contributed by atoms with E-state index >= 15 is 0 Å². The molecular formula is C12H22O2. The first-order chi connectivity index (χ1) is 6.65. The van der Waals surface area contributed by atoms with Crippen LogP contribution >= 0.6 is 0 Å². The predicted octanol–water partition coefficient (Wildman–Crippen LogP) is 2.26. The molecule has 0 unspecified atom stereocenters. The van der Waals surface area contributed by atoms with Crippen molar-refractivity contribution in [2.24, 2.45) is 23.7 Å². The van der Waals surface area contributed by atoms with Crippen LogP contribution in [0.2, 0.25) is 0 Å². The molecule has 0 aromatic heterocycles. The van der Waals surface area contributed by atoms with Gasteiger partial charge in [-0.15, -0.1) is 0 Å². The summed E-state index contributed by atoms with van der Waals surface area (Å²) in [4.78, 5) is 9.93. The minimum absolute atomic E-state index is 0.407. The Kier molecular flexibility index (Phi) is 4.59. The van der Waals surface area contributed by atoms with Gasteiger partial charge in [0.15, 0.2) is 0 Å². The topological polar surface area (TPSA) is 37.3 Å². The summed E-state index contributed by atoms with van der Waals surface area (Å²) < 4.78 is 0. The van der Waals surface area contributed by atoms with Crippen molar-refractivity contribution in [2.75, 3.05) is 6.61 Å². The van der Waals surface area contributed by atoms with Crippen molar-refractivity contribution in [2.45, 2.75) is 39.5 Å². The molecule has 2 heteroatoms. The molecule has 0 aliphatic heterocycles. The van der Waals surface area contributed by atoms with E-state index in [1.54, 1.807) is 0 Å². The molecule has 0 saturated heterocycles. The highest BCUT2D eigenvalue weighted by molar-refractivity contribution is 5.54. The zero-order valence-electron chi connectivity index (χ0n) is 9.28. The molecule has 0 radical (unpaired) electrons. The number of hydrogen-bond acceptors (Lipinski definition) is 2. The van der Waals surface area contributed by atoms with E-state index < -0.39 is 0 Å². The van der Waals surface area contributed by atoms with Crippen LogP contribution in [-0.4, -0.2) is 18.0 Å². The first-order valence-electron chi connectivity index (χ1n) is 5.71. The van der Waals surface area contributed by atoms with Crippen LogP contribution in [0.4, 0.5) is 0 Å². The number of aliphatic hydroxyl groups is 1. The van der Waals surface area contributed by atoms with Gasteiger partial charge in [-0.25, -0.2) is 0 Å². The van der Waals surface area contributed by atoms with Gasteiger partial charge in [0.05, 0.1) is 0 Å². The summed E-state index contributed by atoms with van der Waals surface area (Å²) in [5.41, 5.74) is 0.